The van der Waals surface area contributed by atoms with Gasteiger partial charge in [-0.3, -0.25) is 4.79 Å². The van der Waals surface area contributed by atoms with E-state index >= 15 is 0 Å². The molecule has 1 saturated carbocycles. The van der Waals surface area contributed by atoms with Gasteiger partial charge < -0.3 is 10.2 Å². The fourth-order valence-corrected chi connectivity index (χ4v) is 2.07. The summed E-state index contributed by atoms with van der Waals surface area (Å²) in [6.07, 6.45) is 3.23. The van der Waals surface area contributed by atoms with Crippen molar-refractivity contribution in [2.24, 2.45) is 5.41 Å². The monoisotopic (exact) mass is 196 g/mol. The number of nitrogens with one attached hydrogen (secondary N) is 1. The van der Waals surface area contributed by atoms with Gasteiger partial charge in [-0.05, 0) is 25.2 Å². The van der Waals surface area contributed by atoms with Crippen LogP contribution >= 0.6 is 0 Å². The number of carbonyl (C=O) groups excluding carboxylic acids is 1. The largest absolute Gasteiger partial charge is 0.337 e. The van der Waals surface area contributed by atoms with Crippen LogP contribution in [0, 0.1) is 5.41 Å². The molecule has 3 heteroatoms. The molecule has 2 fully saturated rings. The first-order valence-electron chi connectivity index (χ1n) is 5.61. The summed E-state index contributed by atoms with van der Waals surface area (Å²) < 4.78 is 0. The summed E-state index contributed by atoms with van der Waals surface area (Å²) in [5.41, 5.74) is 0.349. The lowest BCUT2D eigenvalue weighted by molar-refractivity contribution is -0.135. The van der Waals surface area contributed by atoms with Gasteiger partial charge in [0.15, 0.2) is 0 Å². The zero-order chi connectivity index (χ0) is 10.2. The maximum atomic E-state index is 12.0. The minimum absolute atomic E-state index is 0.349. The summed E-state index contributed by atoms with van der Waals surface area (Å²) in [6.45, 7) is 7.13. The minimum atomic E-state index is 0.349. The van der Waals surface area contributed by atoms with E-state index in [1.54, 1.807) is 0 Å². The first-order valence-corrected chi connectivity index (χ1v) is 5.61. The van der Waals surface area contributed by atoms with Crippen LogP contribution in [0.4, 0.5) is 0 Å². The number of amides is 1. The van der Waals surface area contributed by atoms with Gasteiger partial charge >= 0.3 is 0 Å². The molecule has 2 aliphatic rings. The van der Waals surface area contributed by atoms with E-state index in [0.29, 0.717) is 17.4 Å². The minimum Gasteiger partial charge on any atom is -0.337 e. The molecule has 3 nitrogen and oxygen atoms in total. The average Bonchev–Trinajstić information content (AvgIpc) is 2.84. The number of hydrogen-bond donors (Lipinski definition) is 1. The third kappa shape index (κ3) is 2.08. The molecule has 1 atom stereocenters. The number of rotatable bonds is 2. The summed E-state index contributed by atoms with van der Waals surface area (Å²) in [6, 6.07) is 0.374. The lowest BCUT2D eigenvalue weighted by Crippen LogP contribution is -2.52. The second-order valence-corrected chi connectivity index (χ2v) is 5.13. The topological polar surface area (TPSA) is 32.3 Å². The van der Waals surface area contributed by atoms with Crippen molar-refractivity contribution in [3.63, 3.8) is 0 Å². The van der Waals surface area contributed by atoms with Gasteiger partial charge in [0, 0.05) is 32.1 Å². The maximum absolute atomic E-state index is 12.0. The third-order valence-corrected chi connectivity index (χ3v) is 3.50. The second-order valence-electron chi connectivity index (χ2n) is 5.13. The Morgan fingerprint density at radius 3 is 2.86 bits per heavy atom. The molecule has 0 spiro atoms. The van der Waals surface area contributed by atoms with Crippen molar-refractivity contribution in [1.82, 2.24) is 10.2 Å². The molecule has 0 radical (unpaired) electrons. The lowest BCUT2D eigenvalue weighted by Gasteiger charge is -2.34. The van der Waals surface area contributed by atoms with Gasteiger partial charge in [-0.25, -0.2) is 0 Å². The van der Waals surface area contributed by atoms with Crippen molar-refractivity contribution in [1.29, 1.82) is 0 Å². The maximum Gasteiger partial charge on any atom is 0.223 e. The highest BCUT2D eigenvalue weighted by Crippen LogP contribution is 2.48. The van der Waals surface area contributed by atoms with Crippen LogP contribution < -0.4 is 5.32 Å². The molecular formula is C11H20N2O. The fraction of sp³-hybridized carbons (Fsp3) is 0.909. The number of piperazine rings is 1. The van der Waals surface area contributed by atoms with Gasteiger partial charge in [-0.1, -0.05) is 6.92 Å². The summed E-state index contributed by atoms with van der Waals surface area (Å²) in [7, 11) is 0. The molecule has 1 heterocycles. The number of hydrogen-bond acceptors (Lipinski definition) is 2. The highest BCUT2D eigenvalue weighted by molar-refractivity contribution is 5.77. The van der Waals surface area contributed by atoms with E-state index in [1.165, 1.54) is 12.8 Å². The lowest BCUT2D eigenvalue weighted by atomic mass is 10.0. The predicted molar refractivity (Wildman–Crippen MR) is 56.0 cm³/mol. The predicted octanol–water partition coefficient (Wildman–Crippen LogP) is 0.997. The highest BCUT2D eigenvalue weighted by atomic mass is 16.2. The second kappa shape index (κ2) is 3.54. The van der Waals surface area contributed by atoms with Gasteiger partial charge in [-0.2, -0.15) is 0 Å². The van der Waals surface area contributed by atoms with E-state index in [-0.39, 0.29) is 0 Å². The van der Waals surface area contributed by atoms with E-state index in [1.807, 2.05) is 4.90 Å². The molecule has 14 heavy (non-hydrogen) atoms. The molecule has 1 aliphatic heterocycles. The van der Waals surface area contributed by atoms with Crippen LogP contribution in [0.5, 0.6) is 0 Å². The summed E-state index contributed by atoms with van der Waals surface area (Å²) in [5, 5.41) is 3.30. The van der Waals surface area contributed by atoms with Gasteiger partial charge in [0.05, 0.1) is 0 Å². The molecule has 0 unspecified atom stereocenters. The molecule has 1 saturated heterocycles. The SMILES string of the molecule is C[C@@H]1CNCCN1C(=O)CC1(C)CC1. The van der Waals surface area contributed by atoms with E-state index in [4.69, 9.17) is 0 Å². The molecule has 2 rings (SSSR count). The van der Waals surface area contributed by atoms with Crippen LogP contribution in [0.1, 0.15) is 33.1 Å². The van der Waals surface area contributed by atoms with Crippen molar-refractivity contribution in [2.75, 3.05) is 19.6 Å². The Hall–Kier alpha value is -0.570. The van der Waals surface area contributed by atoms with Gasteiger partial charge in [0.2, 0.25) is 5.91 Å². The molecule has 1 N–H and O–H groups in total. The van der Waals surface area contributed by atoms with E-state index in [2.05, 4.69) is 19.2 Å². The Labute approximate surface area is 85.8 Å². The number of nitrogens with zero attached hydrogens (tertiary/aromatic N) is 1. The zero-order valence-corrected chi connectivity index (χ0v) is 9.18. The molecular weight excluding hydrogens is 176 g/mol. The van der Waals surface area contributed by atoms with Crippen molar-refractivity contribution in [2.45, 2.75) is 39.2 Å². The van der Waals surface area contributed by atoms with Crippen LogP contribution in [0.2, 0.25) is 0 Å². The first-order chi connectivity index (χ1) is 6.61. The van der Waals surface area contributed by atoms with Crippen LogP contribution in [-0.2, 0) is 4.79 Å². The normalized spacial score (nSPS) is 30.1. The molecule has 0 aromatic heterocycles. The standard InChI is InChI=1S/C11H20N2O/c1-9-8-12-5-6-13(9)10(14)7-11(2)3-4-11/h9,12H,3-8H2,1-2H3/t9-/m1/s1. The molecule has 1 aliphatic carbocycles. The Kier molecular flexibility index (Phi) is 2.52. The summed E-state index contributed by atoms with van der Waals surface area (Å²) in [5.74, 6) is 0.360. The highest BCUT2D eigenvalue weighted by Gasteiger charge is 2.40. The van der Waals surface area contributed by atoms with Crippen molar-refractivity contribution < 1.29 is 4.79 Å². The Bertz CT molecular complexity index is 235. The molecule has 0 aromatic rings. The fourth-order valence-electron chi connectivity index (χ4n) is 2.07. The van der Waals surface area contributed by atoms with Crippen LogP contribution in [0.25, 0.3) is 0 Å². The van der Waals surface area contributed by atoms with E-state index < -0.39 is 0 Å². The average molecular weight is 196 g/mol. The molecule has 0 aromatic carbocycles. The molecule has 80 valence electrons. The Balaban J connectivity index is 1.89. The summed E-state index contributed by atoms with van der Waals surface area (Å²) in [4.78, 5) is 14.0. The third-order valence-electron chi connectivity index (χ3n) is 3.50. The molecule has 1 amide bonds. The van der Waals surface area contributed by atoms with Crippen molar-refractivity contribution in [3.05, 3.63) is 0 Å². The first kappa shape index (κ1) is 9.97. The zero-order valence-electron chi connectivity index (χ0n) is 9.18. The Morgan fingerprint density at radius 2 is 2.29 bits per heavy atom. The van der Waals surface area contributed by atoms with Gasteiger partial charge in [0.1, 0.15) is 0 Å². The van der Waals surface area contributed by atoms with Gasteiger partial charge in [-0.15, -0.1) is 0 Å². The van der Waals surface area contributed by atoms with Crippen LogP contribution in [-0.4, -0.2) is 36.5 Å². The van der Waals surface area contributed by atoms with E-state index in [0.717, 1.165) is 26.1 Å². The van der Waals surface area contributed by atoms with Crippen LogP contribution in [0.15, 0.2) is 0 Å². The van der Waals surface area contributed by atoms with E-state index in [9.17, 15) is 4.79 Å². The quantitative estimate of drug-likeness (QED) is 0.714. The molecule has 0 bridgehead atoms. The van der Waals surface area contributed by atoms with Crippen LogP contribution in [0.3, 0.4) is 0 Å². The van der Waals surface area contributed by atoms with Crippen molar-refractivity contribution in [3.8, 4) is 0 Å². The van der Waals surface area contributed by atoms with Gasteiger partial charge in [0.25, 0.3) is 0 Å². The Morgan fingerprint density at radius 1 is 1.57 bits per heavy atom. The summed E-state index contributed by atoms with van der Waals surface area (Å²) >= 11 is 0. The van der Waals surface area contributed by atoms with Crippen molar-refractivity contribution >= 4 is 5.91 Å². The number of carbonyl (C=O) groups is 1. The smallest absolute Gasteiger partial charge is 0.223 e.